The minimum absolute atomic E-state index is 0. The molecule has 0 amide bonds. The second-order valence-corrected chi connectivity index (χ2v) is 6.62. The highest BCUT2D eigenvalue weighted by molar-refractivity contribution is 14.0. The van der Waals surface area contributed by atoms with Crippen molar-refractivity contribution in [2.24, 2.45) is 4.99 Å². The molecular weight excluding hydrogens is 429 g/mol. The van der Waals surface area contributed by atoms with Crippen LogP contribution in [0.2, 0.25) is 0 Å². The summed E-state index contributed by atoms with van der Waals surface area (Å²) in [5.74, 6) is 1.16. The molecule has 1 aliphatic carbocycles. The molecule has 1 aliphatic heterocycles. The van der Waals surface area contributed by atoms with Crippen LogP contribution in [-0.2, 0) is 24.1 Å². The largest absolute Gasteiger partial charge is 0.508 e. The summed E-state index contributed by atoms with van der Waals surface area (Å²) in [6, 6.07) is 3.89. The molecule has 1 heterocycles. The lowest BCUT2D eigenvalue weighted by molar-refractivity contribution is 0.114. The number of nitrogens with one attached hydrogen (secondary N) is 2. The van der Waals surface area contributed by atoms with Gasteiger partial charge in [0.05, 0.1) is 12.6 Å². The molecule has 1 atom stereocenters. The molecule has 25 heavy (non-hydrogen) atoms. The minimum atomic E-state index is 0. The van der Waals surface area contributed by atoms with Crippen molar-refractivity contribution in [3.05, 3.63) is 28.8 Å². The van der Waals surface area contributed by atoms with Crippen LogP contribution in [0.3, 0.4) is 0 Å². The van der Waals surface area contributed by atoms with Gasteiger partial charge >= 0.3 is 0 Å². The molecule has 3 rings (SSSR count). The van der Waals surface area contributed by atoms with Crippen molar-refractivity contribution in [1.82, 2.24) is 10.6 Å². The predicted octanol–water partition coefficient (Wildman–Crippen LogP) is 3.12. The normalized spacial score (nSPS) is 19.9. The van der Waals surface area contributed by atoms with E-state index < -0.39 is 0 Å². The summed E-state index contributed by atoms with van der Waals surface area (Å²) in [5.41, 5.74) is 3.67. The number of hydrogen-bond acceptors (Lipinski definition) is 3. The number of fused-ring (bicyclic) bond motifs is 1. The van der Waals surface area contributed by atoms with Crippen LogP contribution in [-0.4, -0.2) is 36.9 Å². The van der Waals surface area contributed by atoms with Gasteiger partial charge in [-0.25, -0.2) is 4.99 Å². The van der Waals surface area contributed by atoms with Crippen molar-refractivity contribution in [2.45, 2.75) is 58.1 Å². The van der Waals surface area contributed by atoms with E-state index in [1.807, 2.05) is 6.07 Å². The first kappa shape index (κ1) is 20.3. The van der Waals surface area contributed by atoms with Crippen molar-refractivity contribution in [3.63, 3.8) is 0 Å². The van der Waals surface area contributed by atoms with Gasteiger partial charge in [0.15, 0.2) is 5.96 Å². The summed E-state index contributed by atoms with van der Waals surface area (Å²) >= 11 is 0. The molecule has 1 aromatic rings. The van der Waals surface area contributed by atoms with E-state index in [1.54, 1.807) is 0 Å². The van der Waals surface area contributed by atoms with Gasteiger partial charge in [0.1, 0.15) is 5.75 Å². The predicted molar refractivity (Wildman–Crippen MR) is 112 cm³/mol. The van der Waals surface area contributed by atoms with Crippen molar-refractivity contribution in [3.8, 4) is 5.75 Å². The molecule has 0 aromatic heterocycles. The lowest BCUT2D eigenvalue weighted by atomic mass is 9.88. The highest BCUT2D eigenvalue weighted by Gasteiger charge is 2.17. The van der Waals surface area contributed by atoms with E-state index in [0.717, 1.165) is 56.9 Å². The van der Waals surface area contributed by atoms with Gasteiger partial charge in [0.25, 0.3) is 0 Å². The van der Waals surface area contributed by atoms with Gasteiger partial charge in [-0.15, -0.1) is 24.0 Å². The molecular formula is C19H30IN3O2. The first-order valence-corrected chi connectivity index (χ1v) is 9.24. The Hall–Kier alpha value is -1.02. The third kappa shape index (κ3) is 5.48. The van der Waals surface area contributed by atoms with Gasteiger partial charge in [-0.1, -0.05) is 6.07 Å². The summed E-state index contributed by atoms with van der Waals surface area (Å²) < 4.78 is 5.65. The number of phenols is 1. The molecule has 6 heteroatoms. The van der Waals surface area contributed by atoms with Crippen molar-refractivity contribution >= 4 is 29.9 Å². The number of aryl methyl sites for hydroxylation is 1. The number of rotatable bonds is 5. The van der Waals surface area contributed by atoms with Crippen LogP contribution in [0.15, 0.2) is 17.1 Å². The average molecular weight is 459 g/mol. The number of aliphatic imine (C=N–C) groups is 1. The highest BCUT2D eigenvalue weighted by Crippen LogP contribution is 2.31. The van der Waals surface area contributed by atoms with Gasteiger partial charge in [-0.05, 0) is 62.6 Å². The SMILES string of the molecule is CCNC(=NCc1c(O)ccc2c1CCCC2)NCC1CCCO1.I. The number of nitrogens with zero attached hydrogens (tertiary/aromatic N) is 1. The molecule has 1 saturated heterocycles. The van der Waals surface area contributed by atoms with Crippen LogP contribution in [0.4, 0.5) is 0 Å². The number of phenolic OH excluding ortho intramolecular Hbond substituents is 1. The van der Waals surface area contributed by atoms with E-state index in [4.69, 9.17) is 9.73 Å². The lowest BCUT2D eigenvalue weighted by Crippen LogP contribution is -2.41. The van der Waals surface area contributed by atoms with Gasteiger partial charge in [-0.2, -0.15) is 0 Å². The van der Waals surface area contributed by atoms with E-state index >= 15 is 0 Å². The Morgan fingerprint density at radius 2 is 2.08 bits per heavy atom. The quantitative estimate of drug-likeness (QED) is 0.360. The summed E-state index contributed by atoms with van der Waals surface area (Å²) in [7, 11) is 0. The van der Waals surface area contributed by atoms with Gasteiger partial charge in [-0.3, -0.25) is 0 Å². The van der Waals surface area contributed by atoms with E-state index in [9.17, 15) is 5.11 Å². The average Bonchev–Trinajstić information content (AvgIpc) is 3.12. The van der Waals surface area contributed by atoms with E-state index in [1.165, 1.54) is 24.0 Å². The molecule has 0 spiro atoms. The maximum Gasteiger partial charge on any atom is 0.191 e. The van der Waals surface area contributed by atoms with E-state index in [2.05, 4.69) is 23.6 Å². The molecule has 1 aromatic carbocycles. The third-order valence-electron chi connectivity index (χ3n) is 4.89. The maximum atomic E-state index is 10.3. The molecule has 0 saturated carbocycles. The van der Waals surface area contributed by atoms with Crippen LogP contribution in [0, 0.1) is 0 Å². The van der Waals surface area contributed by atoms with Crippen LogP contribution in [0.5, 0.6) is 5.75 Å². The molecule has 140 valence electrons. The molecule has 1 unspecified atom stereocenters. The number of benzene rings is 1. The smallest absolute Gasteiger partial charge is 0.191 e. The Labute approximate surface area is 167 Å². The summed E-state index contributed by atoms with van der Waals surface area (Å²) in [6.07, 6.45) is 7.14. The van der Waals surface area contributed by atoms with Crippen molar-refractivity contribution in [2.75, 3.05) is 19.7 Å². The molecule has 0 bridgehead atoms. The van der Waals surface area contributed by atoms with Gasteiger partial charge < -0.3 is 20.5 Å². The Morgan fingerprint density at radius 3 is 2.84 bits per heavy atom. The standard InChI is InChI=1S/C19H29N3O2.HI/c1-2-20-19(21-12-15-7-5-11-24-15)22-13-17-16-8-4-3-6-14(16)9-10-18(17)23;/h9-10,15,23H,2-8,11-13H2,1H3,(H2,20,21,22);1H. The Morgan fingerprint density at radius 1 is 1.24 bits per heavy atom. The van der Waals surface area contributed by atoms with Crippen LogP contribution >= 0.6 is 24.0 Å². The number of guanidine groups is 1. The molecule has 3 N–H and O–H groups in total. The second kappa shape index (κ2) is 10.2. The fourth-order valence-electron chi connectivity index (χ4n) is 3.58. The summed E-state index contributed by atoms with van der Waals surface area (Å²) in [5, 5.41) is 16.9. The van der Waals surface area contributed by atoms with E-state index in [-0.39, 0.29) is 30.1 Å². The van der Waals surface area contributed by atoms with Gasteiger partial charge in [0, 0.05) is 25.3 Å². The van der Waals surface area contributed by atoms with Crippen molar-refractivity contribution in [1.29, 1.82) is 0 Å². The number of aromatic hydroxyl groups is 1. The molecule has 1 fully saturated rings. The molecule has 0 radical (unpaired) electrons. The van der Waals surface area contributed by atoms with Crippen LogP contribution < -0.4 is 10.6 Å². The second-order valence-electron chi connectivity index (χ2n) is 6.62. The highest BCUT2D eigenvalue weighted by atomic mass is 127. The minimum Gasteiger partial charge on any atom is -0.508 e. The zero-order valence-corrected chi connectivity index (χ0v) is 17.3. The number of ether oxygens (including phenoxy) is 1. The first-order valence-electron chi connectivity index (χ1n) is 9.24. The molecule has 2 aliphatic rings. The number of hydrogen-bond donors (Lipinski definition) is 3. The summed E-state index contributed by atoms with van der Waals surface area (Å²) in [6.45, 7) is 5.03. The van der Waals surface area contributed by atoms with Crippen LogP contribution in [0.1, 0.15) is 49.3 Å². The third-order valence-corrected chi connectivity index (χ3v) is 4.89. The fourth-order valence-corrected chi connectivity index (χ4v) is 3.58. The van der Waals surface area contributed by atoms with Crippen molar-refractivity contribution < 1.29 is 9.84 Å². The zero-order chi connectivity index (χ0) is 16.8. The maximum absolute atomic E-state index is 10.3. The Kier molecular flexibility index (Phi) is 8.29. The monoisotopic (exact) mass is 459 g/mol. The lowest BCUT2D eigenvalue weighted by Gasteiger charge is -2.20. The molecule has 5 nitrogen and oxygen atoms in total. The fraction of sp³-hybridized carbons (Fsp3) is 0.632. The van der Waals surface area contributed by atoms with Gasteiger partial charge in [0.2, 0.25) is 0 Å². The number of halogens is 1. The van der Waals surface area contributed by atoms with E-state index in [0.29, 0.717) is 12.3 Å². The van der Waals surface area contributed by atoms with Crippen LogP contribution in [0.25, 0.3) is 0 Å². The Bertz CT molecular complexity index is 586. The summed E-state index contributed by atoms with van der Waals surface area (Å²) in [4.78, 5) is 4.69. The topological polar surface area (TPSA) is 65.9 Å². The Balaban J connectivity index is 0.00000225. The first-order chi connectivity index (χ1) is 11.8. The zero-order valence-electron chi connectivity index (χ0n) is 15.0.